The Morgan fingerprint density at radius 2 is 1.47 bits per heavy atom. The highest BCUT2D eigenvalue weighted by atomic mass is 14.8. The second kappa shape index (κ2) is 11.8. The molecule has 0 aliphatic heterocycles. The summed E-state index contributed by atoms with van der Waals surface area (Å²) in [6.45, 7) is 10.3. The van der Waals surface area contributed by atoms with Crippen LogP contribution in [0.3, 0.4) is 0 Å². The first kappa shape index (κ1) is 14.7. The summed E-state index contributed by atoms with van der Waals surface area (Å²) in [6, 6.07) is 0. The second-order valence-electron chi connectivity index (χ2n) is 4.61. The third-order valence-electron chi connectivity index (χ3n) is 2.63. The second-order valence-corrected chi connectivity index (χ2v) is 4.61. The average molecular weight is 211 g/mol. The molecule has 1 nitrogen and oxygen atoms in total. The van der Waals surface area contributed by atoms with Gasteiger partial charge in [0.25, 0.3) is 0 Å². The monoisotopic (exact) mass is 211 g/mol. The maximum atomic E-state index is 3.87. The van der Waals surface area contributed by atoms with Crippen molar-refractivity contribution in [2.24, 2.45) is 0 Å². The first-order chi connectivity index (χ1) is 7.27. The van der Waals surface area contributed by atoms with Gasteiger partial charge in [-0.2, -0.15) is 0 Å². The topological polar surface area (TPSA) is 12.0 Å². The molecule has 0 amide bonds. The molecule has 0 rings (SSSR count). The molecule has 0 aromatic heterocycles. The Bertz CT molecular complexity index is 140. The molecular weight excluding hydrogens is 182 g/mol. The van der Waals surface area contributed by atoms with E-state index in [-0.39, 0.29) is 0 Å². The summed E-state index contributed by atoms with van der Waals surface area (Å²) < 4.78 is 0. The van der Waals surface area contributed by atoms with Crippen molar-refractivity contribution in [3.63, 3.8) is 0 Å². The van der Waals surface area contributed by atoms with Gasteiger partial charge < -0.3 is 5.32 Å². The van der Waals surface area contributed by atoms with Crippen LogP contribution in [0.15, 0.2) is 12.2 Å². The van der Waals surface area contributed by atoms with Gasteiger partial charge in [-0.05, 0) is 19.9 Å². The summed E-state index contributed by atoms with van der Waals surface area (Å²) in [7, 11) is 0. The molecule has 0 radical (unpaired) electrons. The summed E-state index contributed by atoms with van der Waals surface area (Å²) >= 11 is 0. The lowest BCUT2D eigenvalue weighted by Crippen LogP contribution is -2.16. The molecule has 0 saturated heterocycles. The minimum absolute atomic E-state index is 0.983. The van der Waals surface area contributed by atoms with E-state index >= 15 is 0 Å². The van der Waals surface area contributed by atoms with Crippen molar-refractivity contribution in [2.45, 2.75) is 65.2 Å². The molecule has 0 atom stereocenters. The molecule has 15 heavy (non-hydrogen) atoms. The van der Waals surface area contributed by atoms with Crippen molar-refractivity contribution in [1.82, 2.24) is 5.32 Å². The van der Waals surface area contributed by atoms with Crippen molar-refractivity contribution in [2.75, 3.05) is 13.1 Å². The molecule has 0 aromatic rings. The van der Waals surface area contributed by atoms with Crippen molar-refractivity contribution in [3.05, 3.63) is 12.2 Å². The highest BCUT2D eigenvalue weighted by Crippen LogP contribution is 2.07. The van der Waals surface area contributed by atoms with Crippen molar-refractivity contribution >= 4 is 0 Å². The van der Waals surface area contributed by atoms with E-state index in [0.717, 1.165) is 13.1 Å². The molecule has 1 heteroatoms. The van der Waals surface area contributed by atoms with Crippen molar-refractivity contribution < 1.29 is 0 Å². The lowest BCUT2D eigenvalue weighted by molar-refractivity contribution is 0.561. The largest absolute Gasteiger partial charge is 0.313 e. The van der Waals surface area contributed by atoms with Crippen LogP contribution in [0.25, 0.3) is 0 Å². The van der Waals surface area contributed by atoms with E-state index in [9.17, 15) is 0 Å². The molecule has 0 heterocycles. The van der Waals surface area contributed by atoms with E-state index in [1.54, 1.807) is 0 Å². The Balaban J connectivity index is 2.89. The number of nitrogens with one attached hydrogen (secondary N) is 1. The first-order valence-electron chi connectivity index (χ1n) is 6.62. The summed E-state index contributed by atoms with van der Waals surface area (Å²) in [4.78, 5) is 0. The van der Waals surface area contributed by atoms with E-state index in [0.29, 0.717) is 0 Å². The molecular formula is C14H29N. The van der Waals surface area contributed by atoms with Crippen LogP contribution >= 0.6 is 0 Å². The molecule has 0 spiro atoms. The Kier molecular flexibility index (Phi) is 11.5. The Morgan fingerprint density at radius 3 is 2.00 bits per heavy atom. The lowest BCUT2D eigenvalue weighted by Gasteiger charge is -2.04. The van der Waals surface area contributed by atoms with Gasteiger partial charge in [-0.3, -0.25) is 0 Å². The van der Waals surface area contributed by atoms with Crippen LogP contribution in [0.5, 0.6) is 0 Å². The molecule has 90 valence electrons. The zero-order chi connectivity index (χ0) is 11.4. The summed E-state index contributed by atoms with van der Waals surface area (Å²) in [5.41, 5.74) is 1.23. The van der Waals surface area contributed by atoms with Gasteiger partial charge in [-0.15, -0.1) is 0 Å². The Labute approximate surface area is 96.3 Å². The van der Waals surface area contributed by atoms with Crippen LogP contribution in [-0.2, 0) is 0 Å². The van der Waals surface area contributed by atoms with Gasteiger partial charge in [-0.1, -0.05) is 64.0 Å². The summed E-state index contributed by atoms with van der Waals surface area (Å²) in [6.07, 6.45) is 11.2. The van der Waals surface area contributed by atoms with Gasteiger partial charge in [0.1, 0.15) is 0 Å². The molecule has 1 N–H and O–H groups in total. The smallest absolute Gasteiger partial charge is 0.0159 e. The van der Waals surface area contributed by atoms with Crippen LogP contribution in [-0.4, -0.2) is 13.1 Å². The normalized spacial score (nSPS) is 10.5. The van der Waals surface area contributed by atoms with Crippen LogP contribution in [0, 0.1) is 0 Å². The standard InChI is InChI=1S/C14H29N/c1-4-5-6-7-8-9-10-11-12-15-13-14(2)3/h15H,2,4-13H2,1,3H3. The minimum Gasteiger partial charge on any atom is -0.313 e. The van der Waals surface area contributed by atoms with E-state index in [2.05, 4.69) is 25.7 Å². The van der Waals surface area contributed by atoms with Gasteiger partial charge >= 0.3 is 0 Å². The zero-order valence-corrected chi connectivity index (χ0v) is 10.8. The van der Waals surface area contributed by atoms with Gasteiger partial charge in [0.15, 0.2) is 0 Å². The third-order valence-corrected chi connectivity index (χ3v) is 2.63. The predicted molar refractivity (Wildman–Crippen MR) is 70.3 cm³/mol. The van der Waals surface area contributed by atoms with E-state index in [4.69, 9.17) is 0 Å². The highest BCUT2D eigenvalue weighted by molar-refractivity contribution is 4.90. The molecule has 0 saturated carbocycles. The Morgan fingerprint density at radius 1 is 0.933 bits per heavy atom. The quantitative estimate of drug-likeness (QED) is 0.397. The van der Waals surface area contributed by atoms with Gasteiger partial charge in [0.2, 0.25) is 0 Å². The molecule has 0 aromatic carbocycles. The lowest BCUT2D eigenvalue weighted by atomic mass is 10.1. The highest BCUT2D eigenvalue weighted by Gasteiger charge is 1.91. The fourth-order valence-electron chi connectivity index (χ4n) is 1.69. The SMILES string of the molecule is C=C(C)CNCCCCCCCCCC. The summed E-state index contributed by atoms with van der Waals surface area (Å²) in [5, 5.41) is 3.40. The molecule has 0 bridgehead atoms. The van der Waals surface area contributed by atoms with E-state index in [1.165, 1.54) is 56.9 Å². The molecule has 0 aliphatic carbocycles. The zero-order valence-electron chi connectivity index (χ0n) is 10.8. The molecule has 0 fully saturated rings. The number of rotatable bonds is 11. The number of hydrogen-bond donors (Lipinski definition) is 1. The number of hydrogen-bond acceptors (Lipinski definition) is 1. The van der Waals surface area contributed by atoms with E-state index < -0.39 is 0 Å². The van der Waals surface area contributed by atoms with Crippen LogP contribution in [0.4, 0.5) is 0 Å². The van der Waals surface area contributed by atoms with Crippen LogP contribution in [0.2, 0.25) is 0 Å². The fraction of sp³-hybridized carbons (Fsp3) is 0.857. The van der Waals surface area contributed by atoms with Gasteiger partial charge in [-0.25, -0.2) is 0 Å². The molecule has 0 aliphatic rings. The van der Waals surface area contributed by atoms with Crippen molar-refractivity contribution in [3.8, 4) is 0 Å². The van der Waals surface area contributed by atoms with Gasteiger partial charge in [0.05, 0.1) is 0 Å². The average Bonchev–Trinajstić information content (AvgIpc) is 2.20. The Hall–Kier alpha value is -0.300. The van der Waals surface area contributed by atoms with Gasteiger partial charge in [0, 0.05) is 6.54 Å². The fourth-order valence-corrected chi connectivity index (χ4v) is 1.69. The van der Waals surface area contributed by atoms with Crippen LogP contribution in [0.1, 0.15) is 65.2 Å². The first-order valence-corrected chi connectivity index (χ1v) is 6.62. The maximum absolute atomic E-state index is 3.87. The van der Waals surface area contributed by atoms with E-state index in [1.807, 2.05) is 0 Å². The predicted octanol–water partition coefficient (Wildman–Crippen LogP) is 4.29. The van der Waals surface area contributed by atoms with Crippen molar-refractivity contribution in [1.29, 1.82) is 0 Å². The number of unbranched alkanes of at least 4 members (excludes halogenated alkanes) is 7. The minimum atomic E-state index is 0.983. The third kappa shape index (κ3) is 13.7. The maximum Gasteiger partial charge on any atom is 0.0159 e. The van der Waals surface area contributed by atoms with Crippen LogP contribution < -0.4 is 5.32 Å². The summed E-state index contributed by atoms with van der Waals surface area (Å²) in [5.74, 6) is 0. The molecule has 0 unspecified atom stereocenters.